The van der Waals surface area contributed by atoms with E-state index in [4.69, 9.17) is 5.21 Å². The minimum absolute atomic E-state index is 0.390. The van der Waals surface area contributed by atoms with Gasteiger partial charge in [-0.1, -0.05) is 29.4 Å². The van der Waals surface area contributed by atoms with E-state index in [1.807, 2.05) is 0 Å². The third kappa shape index (κ3) is 0.939. The molecule has 0 amide bonds. The molecule has 0 saturated heterocycles. The van der Waals surface area contributed by atoms with Crippen molar-refractivity contribution in [3.8, 4) is 0 Å². The van der Waals surface area contributed by atoms with Gasteiger partial charge < -0.3 is 5.21 Å². The number of nitrogens with zero attached hydrogens (tertiary/aromatic N) is 1. The molecule has 1 N–H and O–H groups in total. The van der Waals surface area contributed by atoms with Crippen LogP contribution in [0.1, 0.15) is 42.2 Å². The summed E-state index contributed by atoms with van der Waals surface area (Å²) in [5, 5.41) is 12.4. The zero-order valence-corrected chi connectivity index (χ0v) is 7.98. The molecule has 2 nitrogen and oxygen atoms in total. The summed E-state index contributed by atoms with van der Waals surface area (Å²) in [6.45, 7) is 0. The largest absolute Gasteiger partial charge is 0.411 e. The highest BCUT2D eigenvalue weighted by Crippen LogP contribution is 2.47. The van der Waals surface area contributed by atoms with Crippen LogP contribution >= 0.6 is 0 Å². The minimum atomic E-state index is 0.390. The second kappa shape index (κ2) is 2.84. The Morgan fingerprint density at radius 2 is 1.93 bits per heavy atom. The summed E-state index contributed by atoms with van der Waals surface area (Å²) in [4.78, 5) is 0. The smallest absolute Gasteiger partial charge is 0.0651 e. The van der Waals surface area contributed by atoms with Gasteiger partial charge in [0.25, 0.3) is 0 Å². The topological polar surface area (TPSA) is 32.6 Å². The van der Waals surface area contributed by atoms with Crippen molar-refractivity contribution >= 4 is 5.71 Å². The van der Waals surface area contributed by atoms with E-state index in [0.29, 0.717) is 11.8 Å². The molecule has 0 aromatic heterocycles. The molecule has 2 atom stereocenters. The number of oxime groups is 1. The molecule has 2 unspecified atom stereocenters. The zero-order valence-electron chi connectivity index (χ0n) is 7.98. The maximum absolute atomic E-state index is 8.93. The van der Waals surface area contributed by atoms with E-state index in [-0.39, 0.29) is 0 Å². The lowest BCUT2D eigenvalue weighted by Crippen LogP contribution is -2.29. The van der Waals surface area contributed by atoms with Crippen LogP contribution in [0.15, 0.2) is 29.4 Å². The predicted octanol–water partition coefficient (Wildman–Crippen LogP) is 2.88. The van der Waals surface area contributed by atoms with Crippen LogP contribution in [0, 0.1) is 0 Å². The monoisotopic (exact) mass is 187 g/mol. The number of fused-ring (bicyclic) bond motifs is 2. The van der Waals surface area contributed by atoms with E-state index < -0.39 is 0 Å². The molecule has 0 radical (unpaired) electrons. The van der Waals surface area contributed by atoms with Crippen molar-refractivity contribution in [3.63, 3.8) is 0 Å². The molecule has 0 aliphatic heterocycles. The van der Waals surface area contributed by atoms with Gasteiger partial charge in [-0.25, -0.2) is 0 Å². The first-order valence-corrected chi connectivity index (χ1v) is 5.20. The highest BCUT2D eigenvalue weighted by molar-refractivity contribution is 5.94. The van der Waals surface area contributed by atoms with E-state index >= 15 is 0 Å². The van der Waals surface area contributed by atoms with E-state index in [1.165, 1.54) is 17.5 Å². The fraction of sp³-hybridized carbons (Fsp3) is 0.417. The molecule has 1 saturated carbocycles. The van der Waals surface area contributed by atoms with Gasteiger partial charge in [0.15, 0.2) is 0 Å². The van der Waals surface area contributed by atoms with Gasteiger partial charge >= 0.3 is 0 Å². The molecular formula is C12H13NO. The van der Waals surface area contributed by atoms with Crippen molar-refractivity contribution in [2.75, 3.05) is 0 Å². The maximum atomic E-state index is 8.93. The number of hydrogen-bond donors (Lipinski definition) is 1. The second-order valence-corrected chi connectivity index (χ2v) is 4.25. The van der Waals surface area contributed by atoms with Crippen molar-refractivity contribution in [1.82, 2.24) is 0 Å². The highest BCUT2D eigenvalue weighted by atomic mass is 16.4. The lowest BCUT2D eigenvalue weighted by Gasteiger charge is -2.38. The Morgan fingerprint density at radius 1 is 1.14 bits per heavy atom. The van der Waals surface area contributed by atoms with Gasteiger partial charge in [-0.05, 0) is 36.3 Å². The van der Waals surface area contributed by atoms with Crippen LogP contribution in [0.4, 0.5) is 0 Å². The lowest BCUT2D eigenvalue weighted by molar-refractivity contribution is 0.309. The van der Waals surface area contributed by atoms with Gasteiger partial charge in [0.1, 0.15) is 0 Å². The SMILES string of the molecule is ON=C1CC2CCC1c1ccccc12. The molecular weight excluding hydrogens is 174 g/mol. The molecule has 3 aliphatic rings. The van der Waals surface area contributed by atoms with Crippen LogP contribution in [-0.4, -0.2) is 10.9 Å². The van der Waals surface area contributed by atoms with Crippen molar-refractivity contribution in [2.45, 2.75) is 31.1 Å². The Kier molecular flexibility index (Phi) is 1.63. The van der Waals surface area contributed by atoms with Crippen LogP contribution in [0.2, 0.25) is 0 Å². The van der Waals surface area contributed by atoms with Crippen LogP contribution in [0.25, 0.3) is 0 Å². The average Bonchev–Trinajstić information content (AvgIpc) is 2.30. The van der Waals surface area contributed by atoms with Gasteiger partial charge in [-0.3, -0.25) is 0 Å². The third-order valence-electron chi connectivity index (χ3n) is 3.60. The van der Waals surface area contributed by atoms with Crippen molar-refractivity contribution < 1.29 is 5.21 Å². The second-order valence-electron chi connectivity index (χ2n) is 4.25. The molecule has 1 fully saturated rings. The number of benzene rings is 1. The number of rotatable bonds is 0. The zero-order chi connectivity index (χ0) is 9.54. The Labute approximate surface area is 83.3 Å². The van der Waals surface area contributed by atoms with Gasteiger partial charge in [-0.15, -0.1) is 0 Å². The van der Waals surface area contributed by atoms with Gasteiger partial charge in [0, 0.05) is 5.92 Å². The Balaban J connectivity index is 2.17. The lowest BCUT2D eigenvalue weighted by atomic mass is 9.66. The van der Waals surface area contributed by atoms with Crippen LogP contribution in [-0.2, 0) is 0 Å². The predicted molar refractivity (Wildman–Crippen MR) is 55.0 cm³/mol. The van der Waals surface area contributed by atoms with Crippen LogP contribution in [0.3, 0.4) is 0 Å². The first-order chi connectivity index (χ1) is 6.90. The first-order valence-electron chi connectivity index (χ1n) is 5.20. The third-order valence-corrected chi connectivity index (χ3v) is 3.60. The Bertz CT molecular complexity index is 397. The van der Waals surface area contributed by atoms with E-state index in [0.717, 1.165) is 18.6 Å². The normalized spacial score (nSPS) is 31.9. The summed E-state index contributed by atoms with van der Waals surface area (Å²) in [7, 11) is 0. The van der Waals surface area contributed by atoms with E-state index in [1.54, 1.807) is 0 Å². The summed E-state index contributed by atoms with van der Waals surface area (Å²) in [5.74, 6) is 0.989. The molecule has 3 aliphatic carbocycles. The fourth-order valence-electron chi connectivity index (χ4n) is 2.94. The molecule has 72 valence electrons. The molecule has 0 spiro atoms. The quantitative estimate of drug-likeness (QED) is 0.491. The van der Waals surface area contributed by atoms with Crippen molar-refractivity contribution in [1.29, 1.82) is 0 Å². The number of hydrogen-bond acceptors (Lipinski definition) is 2. The van der Waals surface area contributed by atoms with Crippen molar-refractivity contribution in [3.05, 3.63) is 35.4 Å². The summed E-state index contributed by atoms with van der Waals surface area (Å²) >= 11 is 0. The standard InChI is InChI=1S/C12H13NO/c14-13-12-7-8-5-6-11(12)10-4-2-1-3-9(8)10/h1-4,8,11,14H,5-7H2. The average molecular weight is 187 g/mol. The molecule has 4 rings (SSSR count). The van der Waals surface area contributed by atoms with Gasteiger partial charge in [-0.2, -0.15) is 0 Å². The first kappa shape index (κ1) is 8.04. The molecule has 1 aromatic carbocycles. The summed E-state index contributed by atoms with van der Waals surface area (Å²) < 4.78 is 0. The molecule has 2 bridgehead atoms. The van der Waals surface area contributed by atoms with Crippen LogP contribution < -0.4 is 0 Å². The fourth-order valence-corrected chi connectivity index (χ4v) is 2.94. The molecule has 2 heteroatoms. The Hall–Kier alpha value is -1.31. The summed E-state index contributed by atoms with van der Waals surface area (Å²) in [6, 6.07) is 8.58. The van der Waals surface area contributed by atoms with E-state index in [2.05, 4.69) is 29.4 Å². The van der Waals surface area contributed by atoms with Crippen molar-refractivity contribution in [2.24, 2.45) is 5.16 Å². The van der Waals surface area contributed by atoms with Crippen LogP contribution in [0.5, 0.6) is 0 Å². The summed E-state index contributed by atoms with van der Waals surface area (Å²) in [6.07, 6.45) is 3.36. The molecule has 0 heterocycles. The highest BCUT2D eigenvalue weighted by Gasteiger charge is 2.37. The van der Waals surface area contributed by atoms with E-state index in [9.17, 15) is 0 Å². The minimum Gasteiger partial charge on any atom is -0.411 e. The Morgan fingerprint density at radius 3 is 2.71 bits per heavy atom. The van der Waals surface area contributed by atoms with Gasteiger partial charge in [0.05, 0.1) is 5.71 Å². The van der Waals surface area contributed by atoms with Gasteiger partial charge in [0.2, 0.25) is 0 Å². The maximum Gasteiger partial charge on any atom is 0.0651 e. The molecule has 14 heavy (non-hydrogen) atoms. The molecule has 1 aromatic rings. The summed E-state index contributed by atoms with van der Waals surface area (Å²) in [5.41, 5.74) is 3.86.